The lowest BCUT2D eigenvalue weighted by Gasteiger charge is -2.20. The maximum absolute atomic E-state index is 12.5. The van der Waals surface area contributed by atoms with Gasteiger partial charge in [0, 0.05) is 37.3 Å². The Labute approximate surface area is 118 Å². The number of hydrogen-bond acceptors (Lipinski definition) is 4. The zero-order valence-electron chi connectivity index (χ0n) is 11.7. The Kier molecular flexibility index (Phi) is 4.55. The van der Waals surface area contributed by atoms with Crippen LogP contribution in [0.3, 0.4) is 0 Å². The monoisotopic (exact) mass is 276 g/mol. The number of aromatic nitrogens is 1. The Bertz CT molecular complexity index is 516. The third-order valence-corrected chi connectivity index (χ3v) is 3.25. The topological polar surface area (TPSA) is 88.3 Å². The highest BCUT2D eigenvalue weighted by Crippen LogP contribution is 2.13. The minimum atomic E-state index is -0.0899. The molecule has 0 unspecified atom stereocenters. The van der Waals surface area contributed by atoms with E-state index in [9.17, 15) is 9.59 Å². The molecule has 0 atom stereocenters. The molecule has 0 radical (unpaired) electrons. The van der Waals surface area contributed by atoms with E-state index in [0.717, 1.165) is 18.5 Å². The second kappa shape index (κ2) is 6.36. The number of pyridine rings is 1. The summed E-state index contributed by atoms with van der Waals surface area (Å²) in [7, 11) is 0. The van der Waals surface area contributed by atoms with E-state index in [2.05, 4.69) is 17.2 Å². The van der Waals surface area contributed by atoms with E-state index in [-0.39, 0.29) is 11.8 Å². The van der Waals surface area contributed by atoms with E-state index in [1.165, 1.54) is 0 Å². The number of nitrogens with two attached hydrogens (primary N) is 1. The Morgan fingerprint density at radius 3 is 3.00 bits per heavy atom. The number of nitrogen functional groups attached to an aromatic ring is 1. The van der Waals surface area contributed by atoms with Gasteiger partial charge in [-0.2, -0.15) is 0 Å². The van der Waals surface area contributed by atoms with Crippen molar-refractivity contribution in [3.05, 3.63) is 23.4 Å². The maximum atomic E-state index is 12.5. The average Bonchev–Trinajstić information content (AvgIpc) is 2.62. The Morgan fingerprint density at radius 2 is 2.25 bits per heavy atom. The number of carbonyl (C=O) groups is 2. The molecule has 1 fully saturated rings. The van der Waals surface area contributed by atoms with Crippen LogP contribution in [0.25, 0.3) is 0 Å². The molecule has 1 aromatic rings. The van der Waals surface area contributed by atoms with Crippen molar-refractivity contribution < 1.29 is 9.59 Å². The van der Waals surface area contributed by atoms with Gasteiger partial charge in [0.15, 0.2) is 0 Å². The van der Waals surface area contributed by atoms with Crippen molar-refractivity contribution in [3.63, 3.8) is 0 Å². The van der Waals surface area contributed by atoms with Gasteiger partial charge in [0.2, 0.25) is 5.91 Å². The van der Waals surface area contributed by atoms with Crippen molar-refractivity contribution in [1.29, 1.82) is 0 Å². The zero-order valence-corrected chi connectivity index (χ0v) is 11.7. The number of rotatable bonds is 3. The minimum absolute atomic E-state index is 0.0128. The highest BCUT2D eigenvalue weighted by Gasteiger charge is 2.20. The van der Waals surface area contributed by atoms with Crippen LogP contribution in [0, 0.1) is 0 Å². The molecular formula is C14H20N4O2. The summed E-state index contributed by atoms with van der Waals surface area (Å²) in [4.78, 5) is 29.7. The fourth-order valence-corrected chi connectivity index (χ4v) is 2.27. The molecule has 2 rings (SSSR count). The van der Waals surface area contributed by atoms with Gasteiger partial charge in [0.1, 0.15) is 5.82 Å². The molecule has 0 bridgehead atoms. The van der Waals surface area contributed by atoms with Crippen molar-refractivity contribution in [2.24, 2.45) is 0 Å². The van der Waals surface area contributed by atoms with E-state index < -0.39 is 0 Å². The van der Waals surface area contributed by atoms with Crippen LogP contribution in [0.1, 0.15) is 35.8 Å². The first kappa shape index (κ1) is 14.3. The summed E-state index contributed by atoms with van der Waals surface area (Å²) in [5.41, 5.74) is 7.15. The van der Waals surface area contributed by atoms with Gasteiger partial charge in [-0.3, -0.25) is 9.59 Å². The van der Waals surface area contributed by atoms with Gasteiger partial charge < -0.3 is 16.0 Å². The van der Waals surface area contributed by atoms with Crippen LogP contribution < -0.4 is 11.1 Å². The molecule has 1 aliphatic rings. The lowest BCUT2D eigenvalue weighted by Crippen LogP contribution is -2.34. The van der Waals surface area contributed by atoms with Gasteiger partial charge in [-0.25, -0.2) is 4.98 Å². The second-order valence-corrected chi connectivity index (χ2v) is 4.91. The predicted molar refractivity (Wildman–Crippen MR) is 76.2 cm³/mol. The number of amides is 2. The Balaban J connectivity index is 2.17. The van der Waals surface area contributed by atoms with Crippen molar-refractivity contribution in [2.75, 3.05) is 25.4 Å². The molecule has 1 aliphatic heterocycles. The standard InChI is InChI=1S/C14H20N4O2/c1-2-3-11-8-10(9-12(15)17-11)14(20)18-6-4-13(19)16-5-7-18/h8-9H,2-7H2,1H3,(H2,15,17)(H,16,19). The van der Waals surface area contributed by atoms with Crippen LogP contribution in [0.5, 0.6) is 0 Å². The van der Waals surface area contributed by atoms with Crippen LogP contribution in [-0.2, 0) is 11.2 Å². The molecule has 20 heavy (non-hydrogen) atoms. The molecule has 0 spiro atoms. The summed E-state index contributed by atoms with van der Waals surface area (Å²) in [6, 6.07) is 3.39. The van der Waals surface area contributed by atoms with Crippen molar-refractivity contribution in [2.45, 2.75) is 26.2 Å². The van der Waals surface area contributed by atoms with Crippen molar-refractivity contribution >= 4 is 17.6 Å². The molecule has 2 amide bonds. The lowest BCUT2D eigenvalue weighted by atomic mass is 10.1. The number of carbonyl (C=O) groups excluding carboxylic acids is 2. The molecule has 2 heterocycles. The molecule has 1 saturated heterocycles. The van der Waals surface area contributed by atoms with E-state index in [0.29, 0.717) is 37.4 Å². The lowest BCUT2D eigenvalue weighted by molar-refractivity contribution is -0.120. The van der Waals surface area contributed by atoms with Gasteiger partial charge >= 0.3 is 0 Å². The smallest absolute Gasteiger partial charge is 0.254 e. The molecule has 108 valence electrons. The number of nitrogens with zero attached hydrogens (tertiary/aromatic N) is 2. The van der Waals surface area contributed by atoms with Crippen LogP contribution in [0.4, 0.5) is 5.82 Å². The highest BCUT2D eigenvalue weighted by molar-refractivity contribution is 5.95. The number of hydrogen-bond donors (Lipinski definition) is 2. The van der Waals surface area contributed by atoms with Gasteiger partial charge in [-0.15, -0.1) is 0 Å². The quantitative estimate of drug-likeness (QED) is 0.845. The summed E-state index contributed by atoms with van der Waals surface area (Å²) < 4.78 is 0. The molecule has 0 saturated carbocycles. The van der Waals surface area contributed by atoms with E-state index in [1.54, 1.807) is 17.0 Å². The summed E-state index contributed by atoms with van der Waals surface area (Å²) in [5, 5.41) is 2.75. The molecule has 3 N–H and O–H groups in total. The van der Waals surface area contributed by atoms with Crippen LogP contribution >= 0.6 is 0 Å². The predicted octanol–water partition coefficient (Wildman–Crippen LogP) is 0.578. The first-order valence-corrected chi connectivity index (χ1v) is 6.92. The zero-order chi connectivity index (χ0) is 14.5. The van der Waals surface area contributed by atoms with E-state index in [4.69, 9.17) is 5.73 Å². The Morgan fingerprint density at radius 1 is 1.45 bits per heavy atom. The normalized spacial score (nSPS) is 15.7. The third kappa shape index (κ3) is 3.46. The van der Waals surface area contributed by atoms with Gasteiger partial charge in [-0.05, 0) is 18.6 Å². The first-order chi connectivity index (χ1) is 9.60. The molecule has 1 aromatic heterocycles. The summed E-state index contributed by atoms with van der Waals surface area (Å²) in [6.45, 7) is 3.51. The highest BCUT2D eigenvalue weighted by atomic mass is 16.2. The number of aryl methyl sites for hydroxylation is 1. The summed E-state index contributed by atoms with van der Waals surface area (Å²) in [6.07, 6.45) is 2.09. The summed E-state index contributed by atoms with van der Waals surface area (Å²) in [5.74, 6) is 0.262. The largest absolute Gasteiger partial charge is 0.384 e. The fraction of sp³-hybridized carbons (Fsp3) is 0.500. The van der Waals surface area contributed by atoms with Crippen molar-refractivity contribution in [1.82, 2.24) is 15.2 Å². The number of nitrogens with one attached hydrogen (secondary N) is 1. The van der Waals surface area contributed by atoms with E-state index >= 15 is 0 Å². The van der Waals surface area contributed by atoms with Crippen molar-refractivity contribution in [3.8, 4) is 0 Å². The number of anilines is 1. The van der Waals surface area contributed by atoms with Gasteiger partial charge in [-0.1, -0.05) is 13.3 Å². The first-order valence-electron chi connectivity index (χ1n) is 6.92. The SMILES string of the molecule is CCCc1cc(C(=O)N2CCNC(=O)CC2)cc(N)n1. The minimum Gasteiger partial charge on any atom is -0.384 e. The van der Waals surface area contributed by atoms with Crippen LogP contribution in [0.15, 0.2) is 12.1 Å². The van der Waals surface area contributed by atoms with Crippen LogP contribution in [0.2, 0.25) is 0 Å². The molecule has 0 aromatic carbocycles. The van der Waals surface area contributed by atoms with E-state index in [1.807, 2.05) is 0 Å². The molecule has 0 aliphatic carbocycles. The molecule has 6 heteroatoms. The molecule has 6 nitrogen and oxygen atoms in total. The van der Waals surface area contributed by atoms with Crippen LogP contribution in [-0.4, -0.2) is 41.3 Å². The third-order valence-electron chi connectivity index (χ3n) is 3.25. The maximum Gasteiger partial charge on any atom is 0.254 e. The fourth-order valence-electron chi connectivity index (χ4n) is 2.27. The average molecular weight is 276 g/mol. The summed E-state index contributed by atoms with van der Waals surface area (Å²) >= 11 is 0. The second-order valence-electron chi connectivity index (χ2n) is 4.91. The van der Waals surface area contributed by atoms with Gasteiger partial charge in [0.05, 0.1) is 0 Å². The molecular weight excluding hydrogens is 256 g/mol. The van der Waals surface area contributed by atoms with Gasteiger partial charge in [0.25, 0.3) is 5.91 Å². The Hall–Kier alpha value is -2.11.